The van der Waals surface area contributed by atoms with E-state index in [0.717, 1.165) is 16.7 Å². The molecule has 0 aliphatic heterocycles. The van der Waals surface area contributed by atoms with Gasteiger partial charge in [0, 0.05) is 0 Å². The van der Waals surface area contributed by atoms with E-state index in [-0.39, 0.29) is 0 Å². The molecule has 0 fully saturated rings. The summed E-state index contributed by atoms with van der Waals surface area (Å²) in [5, 5.41) is 9.97. The average Bonchev–Trinajstić information content (AvgIpc) is 2.23. The summed E-state index contributed by atoms with van der Waals surface area (Å²) < 4.78 is 0. The van der Waals surface area contributed by atoms with Crippen molar-refractivity contribution in [2.75, 3.05) is 0 Å². The number of rotatable bonds is 1. The summed E-state index contributed by atoms with van der Waals surface area (Å²) >= 11 is 0. The molecular formula is C14H17NO. The van der Waals surface area contributed by atoms with Crippen LogP contribution in [0, 0.1) is 6.92 Å². The van der Waals surface area contributed by atoms with Gasteiger partial charge in [0.2, 0.25) is 0 Å². The highest BCUT2D eigenvalue weighted by molar-refractivity contribution is 5.75. The third kappa shape index (κ3) is 2.08. The Bertz CT molecular complexity index is 458. The molecule has 2 nitrogen and oxygen atoms in total. The van der Waals surface area contributed by atoms with Crippen LogP contribution in [0.4, 0.5) is 0 Å². The predicted molar refractivity (Wildman–Crippen MR) is 66.9 cm³/mol. The normalized spacial score (nSPS) is 29.0. The molecule has 16 heavy (non-hydrogen) atoms. The minimum absolute atomic E-state index is 0.475. The van der Waals surface area contributed by atoms with Crippen LogP contribution in [-0.4, -0.2) is 16.7 Å². The van der Waals surface area contributed by atoms with E-state index >= 15 is 0 Å². The number of benzene rings is 1. The van der Waals surface area contributed by atoms with Crippen molar-refractivity contribution >= 4 is 5.57 Å². The topological polar surface area (TPSA) is 46.2 Å². The lowest BCUT2D eigenvalue weighted by atomic mass is 9.86. The third-order valence-corrected chi connectivity index (χ3v) is 2.88. The van der Waals surface area contributed by atoms with E-state index in [2.05, 4.69) is 0 Å². The van der Waals surface area contributed by atoms with Gasteiger partial charge in [0.05, 0.1) is 11.6 Å². The Kier molecular flexibility index (Phi) is 2.70. The first-order valence-electron chi connectivity index (χ1n) is 5.45. The Morgan fingerprint density at radius 3 is 2.69 bits per heavy atom. The summed E-state index contributed by atoms with van der Waals surface area (Å²) in [5.41, 5.74) is 8.68. The van der Waals surface area contributed by atoms with Gasteiger partial charge in [-0.25, -0.2) is 0 Å². The van der Waals surface area contributed by atoms with E-state index in [9.17, 15) is 5.11 Å². The van der Waals surface area contributed by atoms with E-state index < -0.39 is 11.6 Å². The Morgan fingerprint density at radius 2 is 2.00 bits per heavy atom. The molecule has 0 radical (unpaired) electrons. The monoisotopic (exact) mass is 215 g/mol. The summed E-state index contributed by atoms with van der Waals surface area (Å²) in [6, 6.07) is 8.02. The van der Waals surface area contributed by atoms with Gasteiger partial charge in [-0.15, -0.1) is 0 Å². The van der Waals surface area contributed by atoms with Crippen LogP contribution in [0.15, 0.2) is 42.5 Å². The molecule has 1 aliphatic rings. The van der Waals surface area contributed by atoms with Crippen LogP contribution in [0.1, 0.15) is 18.1 Å². The standard InChI is InChI=1S/C14H17NO/c1-10-5-3-4-6-11(10)12-9-14(2,15)8-7-13(12)16/h3-9,13,16H,15H2,1-2H3. The lowest BCUT2D eigenvalue weighted by Crippen LogP contribution is -2.35. The van der Waals surface area contributed by atoms with Crippen molar-refractivity contribution in [1.82, 2.24) is 0 Å². The highest BCUT2D eigenvalue weighted by Crippen LogP contribution is 2.28. The molecule has 2 heteroatoms. The van der Waals surface area contributed by atoms with Crippen LogP contribution in [0.2, 0.25) is 0 Å². The van der Waals surface area contributed by atoms with Crippen LogP contribution in [0.5, 0.6) is 0 Å². The summed E-state index contributed by atoms with van der Waals surface area (Å²) in [6.45, 7) is 3.96. The molecule has 1 aromatic carbocycles. The number of hydrogen-bond acceptors (Lipinski definition) is 2. The SMILES string of the molecule is Cc1ccccc1C1=CC(C)(N)C=CC1O. The largest absolute Gasteiger partial charge is 0.384 e. The van der Waals surface area contributed by atoms with E-state index in [1.165, 1.54) is 0 Å². The van der Waals surface area contributed by atoms with Crippen molar-refractivity contribution in [2.24, 2.45) is 5.73 Å². The molecule has 2 rings (SSSR count). The van der Waals surface area contributed by atoms with Crippen molar-refractivity contribution < 1.29 is 5.11 Å². The lowest BCUT2D eigenvalue weighted by Gasteiger charge is -2.26. The van der Waals surface area contributed by atoms with E-state index in [1.54, 1.807) is 6.08 Å². The molecule has 3 N–H and O–H groups in total. The van der Waals surface area contributed by atoms with Crippen molar-refractivity contribution in [3.63, 3.8) is 0 Å². The number of aliphatic hydroxyl groups is 1. The van der Waals surface area contributed by atoms with Crippen LogP contribution < -0.4 is 5.73 Å². The Labute approximate surface area is 96.1 Å². The number of hydrogen-bond donors (Lipinski definition) is 2. The highest BCUT2D eigenvalue weighted by atomic mass is 16.3. The maximum Gasteiger partial charge on any atom is 0.0976 e. The van der Waals surface area contributed by atoms with Gasteiger partial charge in [-0.2, -0.15) is 0 Å². The highest BCUT2D eigenvalue weighted by Gasteiger charge is 2.22. The molecule has 0 heterocycles. The summed E-state index contributed by atoms with van der Waals surface area (Å²) in [6.07, 6.45) is 4.96. The molecular weight excluding hydrogens is 198 g/mol. The summed E-state index contributed by atoms with van der Waals surface area (Å²) in [4.78, 5) is 0. The van der Waals surface area contributed by atoms with Crippen molar-refractivity contribution in [1.29, 1.82) is 0 Å². The Hall–Kier alpha value is -1.38. The first-order valence-corrected chi connectivity index (χ1v) is 5.45. The van der Waals surface area contributed by atoms with Crippen LogP contribution in [-0.2, 0) is 0 Å². The molecule has 0 aromatic heterocycles. The second-order valence-corrected chi connectivity index (χ2v) is 4.58. The fourth-order valence-corrected chi connectivity index (χ4v) is 2.00. The maximum absolute atomic E-state index is 9.97. The second-order valence-electron chi connectivity index (χ2n) is 4.58. The van der Waals surface area contributed by atoms with Gasteiger partial charge in [-0.3, -0.25) is 0 Å². The van der Waals surface area contributed by atoms with Gasteiger partial charge in [0.25, 0.3) is 0 Å². The molecule has 0 spiro atoms. The predicted octanol–water partition coefficient (Wildman–Crippen LogP) is 2.03. The van der Waals surface area contributed by atoms with Crippen molar-refractivity contribution in [3.05, 3.63) is 53.6 Å². The molecule has 0 saturated heterocycles. The summed E-state index contributed by atoms with van der Waals surface area (Å²) in [7, 11) is 0. The first kappa shape index (κ1) is 11.1. The quantitative estimate of drug-likeness (QED) is 0.704. The molecule has 0 bridgehead atoms. The molecule has 84 valence electrons. The lowest BCUT2D eigenvalue weighted by molar-refractivity contribution is 0.276. The zero-order valence-electron chi connectivity index (χ0n) is 9.64. The number of nitrogens with two attached hydrogens (primary N) is 1. The maximum atomic E-state index is 9.97. The van der Waals surface area contributed by atoms with Crippen molar-refractivity contribution in [3.8, 4) is 0 Å². The van der Waals surface area contributed by atoms with Crippen LogP contribution >= 0.6 is 0 Å². The summed E-state index contributed by atoms with van der Waals surface area (Å²) in [5.74, 6) is 0. The first-order chi connectivity index (χ1) is 7.49. The van der Waals surface area contributed by atoms with E-state index in [1.807, 2.05) is 50.3 Å². The number of aliphatic hydroxyl groups excluding tert-OH is 1. The Morgan fingerprint density at radius 1 is 1.31 bits per heavy atom. The van der Waals surface area contributed by atoms with Crippen LogP contribution in [0.25, 0.3) is 5.57 Å². The number of aryl methyl sites for hydroxylation is 1. The zero-order valence-corrected chi connectivity index (χ0v) is 9.64. The molecule has 1 aliphatic carbocycles. The van der Waals surface area contributed by atoms with E-state index in [0.29, 0.717) is 0 Å². The fourth-order valence-electron chi connectivity index (χ4n) is 2.00. The minimum Gasteiger partial charge on any atom is -0.384 e. The van der Waals surface area contributed by atoms with E-state index in [4.69, 9.17) is 5.73 Å². The van der Waals surface area contributed by atoms with Crippen LogP contribution in [0.3, 0.4) is 0 Å². The average molecular weight is 215 g/mol. The molecule has 2 unspecified atom stereocenters. The molecule has 2 atom stereocenters. The second kappa shape index (κ2) is 3.89. The van der Waals surface area contributed by atoms with Gasteiger partial charge < -0.3 is 10.8 Å². The smallest absolute Gasteiger partial charge is 0.0976 e. The molecule has 1 aromatic rings. The third-order valence-electron chi connectivity index (χ3n) is 2.88. The van der Waals surface area contributed by atoms with Gasteiger partial charge >= 0.3 is 0 Å². The van der Waals surface area contributed by atoms with Gasteiger partial charge in [0.15, 0.2) is 0 Å². The fraction of sp³-hybridized carbons (Fsp3) is 0.286. The molecule has 0 saturated carbocycles. The minimum atomic E-state index is -0.558. The van der Waals surface area contributed by atoms with Gasteiger partial charge in [-0.1, -0.05) is 42.5 Å². The Balaban J connectivity index is 2.48. The van der Waals surface area contributed by atoms with Crippen molar-refractivity contribution in [2.45, 2.75) is 25.5 Å². The zero-order chi connectivity index (χ0) is 11.8. The van der Waals surface area contributed by atoms with Gasteiger partial charge in [-0.05, 0) is 30.5 Å². The van der Waals surface area contributed by atoms with Gasteiger partial charge in [0.1, 0.15) is 0 Å². The molecule has 0 amide bonds.